The number of amides is 1. The van der Waals surface area contributed by atoms with Crippen LogP contribution in [0.4, 0.5) is 8.78 Å². The molecule has 1 aromatic rings. The molecule has 0 spiro atoms. The van der Waals surface area contributed by atoms with Crippen molar-refractivity contribution in [2.45, 2.75) is 24.6 Å². The summed E-state index contributed by atoms with van der Waals surface area (Å²) < 4.78 is 35.8. The maximum Gasteiger partial charge on any atom is 0.256 e. The zero-order valence-corrected chi connectivity index (χ0v) is 17.8. The Balaban J connectivity index is 0.00000288. The van der Waals surface area contributed by atoms with E-state index in [-0.39, 0.29) is 45.4 Å². The maximum absolute atomic E-state index is 12.8. The van der Waals surface area contributed by atoms with Gasteiger partial charge in [-0.05, 0) is 12.1 Å². The third-order valence-electron chi connectivity index (χ3n) is 3.37. The predicted octanol–water partition coefficient (Wildman–Crippen LogP) is 3.38. The van der Waals surface area contributed by atoms with E-state index in [9.17, 15) is 13.6 Å². The number of halogens is 3. The predicted molar refractivity (Wildman–Crippen MR) is 85.4 cm³/mol. The fourth-order valence-electron chi connectivity index (χ4n) is 2.33. The normalized spacial score (nSPS) is 17.6. The molecule has 1 amide bonds. The first-order valence-electron chi connectivity index (χ1n) is 7.01. The molecule has 24 heavy (non-hydrogen) atoms. The van der Waals surface area contributed by atoms with Gasteiger partial charge in [0, 0.05) is 39.8 Å². The van der Waals surface area contributed by atoms with E-state index < -0.39 is 17.8 Å². The van der Waals surface area contributed by atoms with Crippen LogP contribution in [0, 0.1) is 13.0 Å². The molecule has 1 unspecified atom stereocenters. The van der Waals surface area contributed by atoms with Gasteiger partial charge in [-0.3, -0.25) is 4.79 Å². The summed E-state index contributed by atoms with van der Waals surface area (Å²) in [5.74, 6) is 0.229. The van der Waals surface area contributed by atoms with Crippen LogP contribution in [-0.4, -0.2) is 42.5 Å². The van der Waals surface area contributed by atoms with Crippen molar-refractivity contribution in [2.75, 3.05) is 20.4 Å². The summed E-state index contributed by atoms with van der Waals surface area (Å²) in [4.78, 5) is 12.8. The average Bonchev–Trinajstić information content (AvgIpc) is 2.50. The van der Waals surface area contributed by atoms with Crippen LogP contribution in [-0.2, 0) is 42.2 Å². The third kappa shape index (κ3) is 5.31. The van der Waals surface area contributed by atoms with Crippen molar-refractivity contribution in [1.29, 1.82) is 0 Å². The Hall–Kier alpha value is -0.366. The molecular formula is C16H17BrF2NO3Y-. The fraction of sp³-hybridized carbons (Fsp3) is 0.438. The van der Waals surface area contributed by atoms with Gasteiger partial charge < -0.3 is 14.4 Å². The second-order valence-corrected chi connectivity index (χ2v) is 6.17. The Labute approximate surface area is 173 Å². The Morgan fingerprint density at radius 2 is 2.17 bits per heavy atom. The van der Waals surface area contributed by atoms with Crippen LogP contribution < -0.4 is 4.74 Å². The van der Waals surface area contributed by atoms with Gasteiger partial charge in [0.15, 0.2) is 6.79 Å². The minimum absolute atomic E-state index is 0. The molecule has 1 aromatic carbocycles. The number of ether oxygens (including phenoxy) is 2. The number of allylic oxidation sites excluding steroid dienone is 1. The van der Waals surface area contributed by atoms with E-state index in [1.807, 2.05) is 6.92 Å². The largest absolute Gasteiger partial charge is 0.468 e. The van der Waals surface area contributed by atoms with Gasteiger partial charge in [-0.15, -0.1) is 22.9 Å². The molecule has 8 heteroatoms. The van der Waals surface area contributed by atoms with Gasteiger partial charge in [-0.25, -0.2) is 14.9 Å². The summed E-state index contributed by atoms with van der Waals surface area (Å²) in [5, 5.41) is 0. The second kappa shape index (κ2) is 9.95. The Morgan fingerprint density at radius 3 is 2.75 bits per heavy atom. The number of carbonyl (C=O) groups excluding carboxylic acids is 1. The molecule has 0 bridgehead atoms. The van der Waals surface area contributed by atoms with Crippen molar-refractivity contribution < 1.29 is 55.8 Å². The van der Waals surface area contributed by atoms with Crippen molar-refractivity contribution in [2.24, 2.45) is 0 Å². The minimum Gasteiger partial charge on any atom is -0.468 e. The molecule has 1 heterocycles. The van der Waals surface area contributed by atoms with E-state index in [1.54, 1.807) is 18.2 Å². The van der Waals surface area contributed by atoms with Crippen molar-refractivity contribution in [1.82, 2.24) is 4.90 Å². The van der Waals surface area contributed by atoms with Crippen molar-refractivity contribution in [3.8, 4) is 5.75 Å². The van der Waals surface area contributed by atoms with Crippen LogP contribution in [0.25, 0.3) is 5.70 Å². The summed E-state index contributed by atoms with van der Waals surface area (Å²) in [5.41, 5.74) is 1.88. The first-order chi connectivity index (χ1) is 10.9. The number of rotatable bonds is 6. The number of hydrogen-bond acceptors (Lipinski definition) is 3. The van der Waals surface area contributed by atoms with Gasteiger partial charge in [-0.1, -0.05) is 29.3 Å². The summed E-state index contributed by atoms with van der Waals surface area (Å²) in [6, 6.07) is 5.22. The van der Waals surface area contributed by atoms with E-state index in [0.29, 0.717) is 23.4 Å². The van der Waals surface area contributed by atoms with Gasteiger partial charge in [-0.2, -0.15) is 0 Å². The van der Waals surface area contributed by atoms with Crippen molar-refractivity contribution in [3.05, 3.63) is 35.4 Å². The van der Waals surface area contributed by atoms with Crippen molar-refractivity contribution in [3.63, 3.8) is 0 Å². The maximum atomic E-state index is 12.8. The van der Waals surface area contributed by atoms with E-state index in [1.165, 1.54) is 7.11 Å². The number of benzene rings is 1. The number of methoxy groups -OCH3 is 1. The van der Waals surface area contributed by atoms with Crippen LogP contribution in [0.15, 0.2) is 18.2 Å². The molecule has 1 radical (unpaired) electrons. The Kier molecular flexibility index (Phi) is 8.98. The summed E-state index contributed by atoms with van der Waals surface area (Å²) in [7, 11) is 1.52. The monoisotopic (exact) mass is 477 g/mol. The standard InChI is InChI=1S/C16H17BrF2NO3.Y/c1-10-7-11(23-9-22-2)3-4-12(10)14-6-5-13(17)16(21)20(14)8-15(18)19;/h3-4,7,13,15H,5,8-9H2,1-2H3;/q-1;. The number of carbonyl (C=O) groups is 1. The third-order valence-corrected chi connectivity index (χ3v) is 4.09. The molecule has 1 aliphatic rings. The summed E-state index contributed by atoms with van der Waals surface area (Å²) in [6.45, 7) is 1.30. The van der Waals surface area contributed by atoms with Gasteiger partial charge in [0.25, 0.3) is 6.43 Å². The first-order valence-corrected chi connectivity index (χ1v) is 7.92. The number of nitrogens with zero attached hydrogens (tertiary/aromatic N) is 1. The molecule has 2 rings (SSSR count). The zero-order valence-electron chi connectivity index (χ0n) is 13.4. The molecule has 0 saturated heterocycles. The minimum atomic E-state index is -2.61. The van der Waals surface area contributed by atoms with E-state index in [4.69, 9.17) is 9.47 Å². The second-order valence-electron chi connectivity index (χ2n) is 5.06. The Bertz CT molecular complexity index is 613. The van der Waals surface area contributed by atoms with E-state index in [0.717, 1.165) is 10.5 Å². The molecule has 0 aromatic heterocycles. The quantitative estimate of drug-likeness (QED) is 0.358. The van der Waals surface area contributed by atoms with Gasteiger partial charge in [0.1, 0.15) is 5.75 Å². The number of hydrogen-bond donors (Lipinski definition) is 0. The molecule has 129 valence electrons. The van der Waals surface area contributed by atoms with Crippen LogP contribution in [0.2, 0.25) is 0 Å². The van der Waals surface area contributed by atoms with Gasteiger partial charge in [0.2, 0.25) is 5.91 Å². The van der Waals surface area contributed by atoms with E-state index in [2.05, 4.69) is 22.0 Å². The first kappa shape index (κ1) is 21.7. The van der Waals surface area contributed by atoms with Crippen LogP contribution in [0.3, 0.4) is 0 Å². The molecule has 1 aliphatic heterocycles. The number of aryl methyl sites for hydroxylation is 1. The molecule has 0 saturated carbocycles. The van der Waals surface area contributed by atoms with Crippen molar-refractivity contribution >= 4 is 27.5 Å². The average molecular weight is 478 g/mol. The SMILES string of the molecule is COCOc1ccc(C2=[C-]CC(Br)C(=O)N2CC(F)F)c(C)c1.[Y]. The summed E-state index contributed by atoms with van der Waals surface area (Å²) >= 11 is 3.20. The Morgan fingerprint density at radius 1 is 1.46 bits per heavy atom. The van der Waals surface area contributed by atoms with E-state index >= 15 is 0 Å². The smallest absolute Gasteiger partial charge is 0.256 e. The fourth-order valence-corrected chi connectivity index (χ4v) is 2.74. The molecule has 0 aliphatic carbocycles. The molecular weight excluding hydrogens is 461 g/mol. The van der Waals surface area contributed by atoms with Crippen LogP contribution in [0.5, 0.6) is 5.75 Å². The topological polar surface area (TPSA) is 38.8 Å². The van der Waals surface area contributed by atoms with Gasteiger partial charge >= 0.3 is 0 Å². The molecule has 4 nitrogen and oxygen atoms in total. The molecule has 0 N–H and O–H groups in total. The summed E-state index contributed by atoms with van der Waals surface area (Å²) in [6.07, 6.45) is 0.780. The zero-order chi connectivity index (χ0) is 17.0. The molecule has 1 atom stereocenters. The van der Waals surface area contributed by atoms with Crippen LogP contribution in [0.1, 0.15) is 17.5 Å². The molecule has 0 fully saturated rings. The number of alkyl halides is 3. The van der Waals surface area contributed by atoms with Crippen LogP contribution >= 0.6 is 15.9 Å². The van der Waals surface area contributed by atoms with Gasteiger partial charge in [0.05, 0.1) is 11.4 Å².